The van der Waals surface area contributed by atoms with Crippen molar-refractivity contribution in [2.45, 2.75) is 58.5 Å². The van der Waals surface area contributed by atoms with E-state index in [0.29, 0.717) is 11.1 Å². The molecular formula is C15H26N2O5. The van der Waals surface area contributed by atoms with Crippen molar-refractivity contribution >= 4 is 0 Å². The molecule has 7 heteroatoms. The highest BCUT2D eigenvalue weighted by Gasteiger charge is 2.18. The zero-order valence-corrected chi connectivity index (χ0v) is 13.2. The van der Waals surface area contributed by atoms with Gasteiger partial charge in [-0.15, -0.1) is 0 Å². The minimum Gasteiger partial charge on any atom is -0.507 e. The Kier molecular flexibility index (Phi) is 6.30. The molecule has 0 heterocycles. The van der Waals surface area contributed by atoms with Crippen molar-refractivity contribution in [1.29, 1.82) is 0 Å². The Morgan fingerprint density at radius 3 is 1.64 bits per heavy atom. The van der Waals surface area contributed by atoms with Crippen molar-refractivity contribution in [3.63, 3.8) is 0 Å². The van der Waals surface area contributed by atoms with Crippen molar-refractivity contribution < 1.29 is 25.5 Å². The summed E-state index contributed by atoms with van der Waals surface area (Å²) in [6, 6.07) is 3.58. The number of aliphatic hydroxyl groups is 4. The predicted molar refractivity (Wildman–Crippen MR) is 81.5 cm³/mol. The van der Waals surface area contributed by atoms with Crippen LogP contribution in [0.1, 0.15) is 43.9 Å². The predicted octanol–water partition coefficient (Wildman–Crippen LogP) is -0.160. The van der Waals surface area contributed by atoms with E-state index < -0.39 is 11.8 Å². The topological polar surface area (TPSA) is 125 Å². The summed E-state index contributed by atoms with van der Waals surface area (Å²) in [5, 5.41) is 52.5. The van der Waals surface area contributed by atoms with E-state index >= 15 is 0 Å². The van der Waals surface area contributed by atoms with Gasteiger partial charge >= 0.3 is 0 Å². The van der Waals surface area contributed by atoms with Gasteiger partial charge in [-0.25, -0.2) is 0 Å². The zero-order valence-electron chi connectivity index (χ0n) is 13.2. The van der Waals surface area contributed by atoms with Crippen molar-refractivity contribution in [1.82, 2.24) is 10.6 Å². The highest BCUT2D eigenvalue weighted by atomic mass is 16.5. The maximum absolute atomic E-state index is 10.3. The van der Waals surface area contributed by atoms with Crippen LogP contribution < -0.4 is 10.6 Å². The van der Waals surface area contributed by atoms with Crippen LogP contribution in [0.25, 0.3) is 0 Å². The molecule has 0 fully saturated rings. The lowest BCUT2D eigenvalue weighted by Crippen LogP contribution is -2.41. The van der Waals surface area contributed by atoms with Crippen molar-refractivity contribution in [3.05, 3.63) is 28.8 Å². The number of rotatable bonds is 8. The monoisotopic (exact) mass is 314 g/mol. The van der Waals surface area contributed by atoms with Gasteiger partial charge in [0.25, 0.3) is 0 Å². The molecule has 1 rings (SSSR count). The lowest BCUT2D eigenvalue weighted by Gasteiger charge is -2.21. The Labute approximate surface area is 130 Å². The average Bonchev–Trinajstić information content (AvgIpc) is 2.35. The van der Waals surface area contributed by atoms with Crippen LogP contribution in [0.5, 0.6) is 5.75 Å². The second kappa shape index (κ2) is 7.36. The molecule has 0 radical (unpaired) electrons. The van der Waals surface area contributed by atoms with Gasteiger partial charge in [0.15, 0.2) is 0 Å². The number of aromatic hydroxyl groups is 1. The molecule has 0 saturated heterocycles. The number of benzene rings is 1. The number of phenols is 1. The lowest BCUT2D eigenvalue weighted by molar-refractivity contribution is -0.171. The summed E-state index contributed by atoms with van der Waals surface area (Å²) in [5.41, 5.74) is 1.99. The van der Waals surface area contributed by atoms with E-state index in [1.54, 1.807) is 12.1 Å². The normalized spacial score (nSPS) is 12.7. The Morgan fingerprint density at radius 1 is 0.909 bits per heavy atom. The van der Waals surface area contributed by atoms with Gasteiger partial charge in [0.2, 0.25) is 11.8 Å². The summed E-state index contributed by atoms with van der Waals surface area (Å²) in [5.74, 6) is -4.10. The van der Waals surface area contributed by atoms with Crippen molar-refractivity contribution in [2.75, 3.05) is 0 Å². The number of nitrogens with one attached hydrogen (secondary N) is 2. The van der Waals surface area contributed by atoms with E-state index in [0.717, 1.165) is 18.4 Å². The fourth-order valence-electron chi connectivity index (χ4n) is 2.06. The van der Waals surface area contributed by atoms with Crippen LogP contribution in [0.2, 0.25) is 0 Å². The Balaban J connectivity index is 3.01. The molecular weight excluding hydrogens is 288 g/mol. The fraction of sp³-hybridized carbons (Fsp3) is 0.600. The van der Waals surface area contributed by atoms with Crippen LogP contribution in [-0.4, -0.2) is 37.4 Å². The van der Waals surface area contributed by atoms with Gasteiger partial charge in [-0.1, -0.05) is 25.5 Å². The molecule has 0 aliphatic rings. The second-order valence-corrected chi connectivity index (χ2v) is 5.76. The third-order valence-electron chi connectivity index (χ3n) is 3.09. The molecule has 0 atom stereocenters. The number of phenolic OH excluding ortho intramolecular Hbond substituents is 1. The molecule has 0 aromatic heterocycles. The van der Waals surface area contributed by atoms with Crippen molar-refractivity contribution in [3.8, 4) is 5.75 Å². The maximum atomic E-state index is 10.3. The van der Waals surface area contributed by atoms with Gasteiger partial charge in [-0.2, -0.15) is 0 Å². The molecule has 22 heavy (non-hydrogen) atoms. The van der Waals surface area contributed by atoms with Crippen LogP contribution in [-0.2, 0) is 19.5 Å². The molecule has 0 bridgehead atoms. The summed E-state index contributed by atoms with van der Waals surface area (Å²) >= 11 is 0. The third kappa shape index (κ3) is 6.69. The van der Waals surface area contributed by atoms with Gasteiger partial charge in [0, 0.05) is 38.1 Å². The summed E-state index contributed by atoms with van der Waals surface area (Å²) in [7, 11) is 0. The first-order chi connectivity index (χ1) is 10.0. The van der Waals surface area contributed by atoms with Gasteiger partial charge < -0.3 is 25.5 Å². The average molecular weight is 314 g/mol. The molecule has 0 aliphatic carbocycles. The highest BCUT2D eigenvalue weighted by molar-refractivity contribution is 5.44. The lowest BCUT2D eigenvalue weighted by atomic mass is 10.0. The highest BCUT2D eigenvalue weighted by Crippen LogP contribution is 2.26. The minimum absolute atomic E-state index is 0.0200. The molecule has 0 unspecified atom stereocenters. The molecule has 0 spiro atoms. The molecule has 7 N–H and O–H groups in total. The molecule has 0 aliphatic heterocycles. The first-order valence-corrected chi connectivity index (χ1v) is 7.25. The van der Waals surface area contributed by atoms with Gasteiger partial charge in [-0.05, 0) is 12.0 Å². The summed E-state index contributed by atoms with van der Waals surface area (Å²) in [6.45, 7) is 4.53. The van der Waals surface area contributed by atoms with E-state index in [9.17, 15) is 25.5 Å². The molecule has 0 saturated carbocycles. The molecule has 1 aromatic carbocycles. The van der Waals surface area contributed by atoms with Crippen LogP contribution in [0.4, 0.5) is 0 Å². The Bertz CT molecular complexity index is 453. The molecule has 126 valence electrons. The van der Waals surface area contributed by atoms with Crippen LogP contribution in [0, 0.1) is 0 Å². The van der Waals surface area contributed by atoms with E-state index in [1.165, 1.54) is 13.8 Å². The van der Waals surface area contributed by atoms with Gasteiger partial charge in [-0.3, -0.25) is 10.6 Å². The van der Waals surface area contributed by atoms with E-state index in [2.05, 4.69) is 10.6 Å². The third-order valence-corrected chi connectivity index (χ3v) is 3.09. The van der Waals surface area contributed by atoms with Crippen LogP contribution >= 0.6 is 0 Å². The summed E-state index contributed by atoms with van der Waals surface area (Å²) in [6.07, 6.45) is 1.71. The van der Waals surface area contributed by atoms with Gasteiger partial charge in [0.1, 0.15) is 5.75 Å². The SMILES string of the molecule is CCCc1cc(CNC(C)(O)O)c(O)c(CNC(C)(O)O)c1. The maximum Gasteiger partial charge on any atom is 0.219 e. The van der Waals surface area contributed by atoms with E-state index in [4.69, 9.17) is 0 Å². The summed E-state index contributed by atoms with van der Waals surface area (Å²) < 4.78 is 0. The summed E-state index contributed by atoms with van der Waals surface area (Å²) in [4.78, 5) is 0. The molecule has 1 aromatic rings. The number of hydrogen-bond donors (Lipinski definition) is 7. The second-order valence-electron chi connectivity index (χ2n) is 5.76. The molecule has 0 amide bonds. The number of hydrogen-bond acceptors (Lipinski definition) is 7. The molecule has 7 nitrogen and oxygen atoms in total. The first-order valence-electron chi connectivity index (χ1n) is 7.25. The minimum atomic E-state index is -2.04. The smallest absolute Gasteiger partial charge is 0.219 e. The Hall–Kier alpha value is -1.22. The van der Waals surface area contributed by atoms with Gasteiger partial charge in [0.05, 0.1) is 0 Å². The first kappa shape index (κ1) is 18.8. The quantitative estimate of drug-likeness (QED) is 0.332. The standard InChI is InChI=1S/C15H26N2O5/c1-4-5-10-6-11(8-16-14(2,19)20)13(18)12(7-10)9-17-15(3,21)22/h6-7,16-22H,4-5,8-9H2,1-3H3. The zero-order chi connectivity index (χ0) is 17.0. The van der Waals surface area contributed by atoms with Crippen molar-refractivity contribution in [2.24, 2.45) is 0 Å². The number of aryl methyl sites for hydroxylation is 1. The Morgan fingerprint density at radius 2 is 1.32 bits per heavy atom. The van der Waals surface area contributed by atoms with E-state index in [1.807, 2.05) is 6.92 Å². The largest absolute Gasteiger partial charge is 0.507 e. The van der Waals surface area contributed by atoms with E-state index in [-0.39, 0.29) is 18.8 Å². The van der Waals surface area contributed by atoms with Crippen LogP contribution in [0.3, 0.4) is 0 Å². The van der Waals surface area contributed by atoms with Crippen LogP contribution in [0.15, 0.2) is 12.1 Å². The fourth-order valence-corrected chi connectivity index (χ4v) is 2.06.